The molecule has 8 heteroatoms. The standard InChI is InChI=1S/C32H36N2O6/c1-20(40-32(2,3)4)28(29(35)33-27(30(36)37)18-21-12-6-5-7-13-21)34-31(38)39-19-26-24-16-10-8-14-22(24)23-15-9-11-17-25(23)26/h5-17,20,26-28H,18-19H2,1-4H3,(H,33,35)(H,34,38)(H,36,37)/t20-,27+,28-/m1/s1. The molecular formula is C32H36N2O6. The zero-order valence-electron chi connectivity index (χ0n) is 23.2. The predicted octanol–water partition coefficient (Wildman–Crippen LogP) is 4.91. The van der Waals surface area contributed by atoms with E-state index in [1.165, 1.54) is 0 Å². The number of alkyl carbamates (subject to hydrolysis) is 1. The van der Waals surface area contributed by atoms with Crippen LogP contribution in [0.25, 0.3) is 11.1 Å². The van der Waals surface area contributed by atoms with Gasteiger partial charge in [-0.1, -0.05) is 78.9 Å². The first-order valence-corrected chi connectivity index (χ1v) is 13.4. The van der Waals surface area contributed by atoms with Gasteiger partial charge in [0.25, 0.3) is 0 Å². The third-order valence-electron chi connectivity index (χ3n) is 6.81. The molecule has 3 N–H and O–H groups in total. The van der Waals surface area contributed by atoms with Gasteiger partial charge in [-0.05, 0) is 55.5 Å². The highest BCUT2D eigenvalue weighted by Crippen LogP contribution is 2.44. The van der Waals surface area contributed by atoms with E-state index in [-0.39, 0.29) is 18.9 Å². The van der Waals surface area contributed by atoms with Crippen LogP contribution in [0, 0.1) is 0 Å². The van der Waals surface area contributed by atoms with E-state index < -0.39 is 41.8 Å². The Bertz CT molecular complexity index is 1310. The molecule has 1 aliphatic carbocycles. The highest BCUT2D eigenvalue weighted by Gasteiger charge is 2.35. The molecule has 3 atom stereocenters. The number of benzene rings is 3. The third kappa shape index (κ3) is 7.07. The van der Waals surface area contributed by atoms with E-state index in [1.54, 1.807) is 31.2 Å². The summed E-state index contributed by atoms with van der Waals surface area (Å²) in [4.78, 5) is 38.4. The van der Waals surface area contributed by atoms with Gasteiger partial charge in [-0.15, -0.1) is 0 Å². The topological polar surface area (TPSA) is 114 Å². The van der Waals surface area contributed by atoms with Gasteiger partial charge in [-0.25, -0.2) is 9.59 Å². The van der Waals surface area contributed by atoms with E-state index in [0.717, 1.165) is 27.8 Å². The fourth-order valence-corrected chi connectivity index (χ4v) is 5.10. The second-order valence-corrected chi connectivity index (χ2v) is 11.0. The maximum absolute atomic E-state index is 13.4. The summed E-state index contributed by atoms with van der Waals surface area (Å²) in [6.07, 6.45) is -1.47. The van der Waals surface area contributed by atoms with Gasteiger partial charge in [-0.2, -0.15) is 0 Å². The second kappa shape index (κ2) is 12.3. The van der Waals surface area contributed by atoms with Crippen LogP contribution in [0.15, 0.2) is 78.9 Å². The van der Waals surface area contributed by atoms with E-state index >= 15 is 0 Å². The number of carboxylic acids is 1. The van der Waals surface area contributed by atoms with Gasteiger partial charge in [-0.3, -0.25) is 4.79 Å². The number of hydrogen-bond donors (Lipinski definition) is 3. The van der Waals surface area contributed by atoms with Crippen molar-refractivity contribution in [3.63, 3.8) is 0 Å². The molecule has 0 aliphatic heterocycles. The van der Waals surface area contributed by atoms with E-state index in [9.17, 15) is 19.5 Å². The molecule has 3 aromatic rings. The van der Waals surface area contributed by atoms with Crippen LogP contribution in [0.5, 0.6) is 0 Å². The highest BCUT2D eigenvalue weighted by molar-refractivity contribution is 5.90. The lowest BCUT2D eigenvalue weighted by molar-refractivity contribution is -0.143. The van der Waals surface area contributed by atoms with Crippen LogP contribution in [0.3, 0.4) is 0 Å². The largest absolute Gasteiger partial charge is 0.480 e. The van der Waals surface area contributed by atoms with Crippen molar-refractivity contribution in [1.82, 2.24) is 10.6 Å². The molecule has 0 bridgehead atoms. The summed E-state index contributed by atoms with van der Waals surface area (Å²) >= 11 is 0. The summed E-state index contributed by atoms with van der Waals surface area (Å²) in [6.45, 7) is 7.24. The van der Waals surface area contributed by atoms with Gasteiger partial charge in [0.05, 0.1) is 11.7 Å². The van der Waals surface area contributed by atoms with Crippen molar-refractivity contribution < 1.29 is 29.0 Å². The number of fused-ring (bicyclic) bond motifs is 3. The van der Waals surface area contributed by atoms with Gasteiger partial charge in [0.2, 0.25) is 5.91 Å². The molecule has 0 saturated heterocycles. The van der Waals surface area contributed by atoms with Crippen LogP contribution >= 0.6 is 0 Å². The molecule has 8 nitrogen and oxygen atoms in total. The van der Waals surface area contributed by atoms with Crippen molar-refractivity contribution in [3.8, 4) is 11.1 Å². The van der Waals surface area contributed by atoms with E-state index in [1.807, 2.05) is 63.2 Å². The lowest BCUT2D eigenvalue weighted by atomic mass is 9.98. The van der Waals surface area contributed by atoms with Gasteiger partial charge in [0.1, 0.15) is 18.7 Å². The van der Waals surface area contributed by atoms with Crippen molar-refractivity contribution >= 4 is 18.0 Å². The number of amides is 2. The first kappa shape index (κ1) is 28.8. The van der Waals surface area contributed by atoms with Crippen LogP contribution in [0.1, 0.15) is 50.3 Å². The van der Waals surface area contributed by atoms with Crippen LogP contribution in [-0.2, 0) is 25.5 Å². The van der Waals surface area contributed by atoms with Crippen molar-refractivity contribution in [1.29, 1.82) is 0 Å². The summed E-state index contributed by atoms with van der Waals surface area (Å²) in [5.41, 5.74) is 4.50. The fraction of sp³-hybridized carbons (Fsp3) is 0.344. The Balaban J connectivity index is 1.47. The van der Waals surface area contributed by atoms with Crippen LogP contribution in [-0.4, -0.2) is 53.5 Å². The number of ether oxygens (including phenoxy) is 2. The summed E-state index contributed by atoms with van der Waals surface area (Å²) in [6, 6.07) is 22.7. The Hall–Kier alpha value is -4.17. The summed E-state index contributed by atoms with van der Waals surface area (Å²) in [7, 11) is 0. The Morgan fingerprint density at radius 1 is 0.850 bits per heavy atom. The highest BCUT2D eigenvalue weighted by atomic mass is 16.6. The van der Waals surface area contributed by atoms with Crippen LogP contribution < -0.4 is 10.6 Å². The average molecular weight is 545 g/mol. The molecule has 210 valence electrons. The Morgan fingerprint density at radius 3 is 1.95 bits per heavy atom. The number of nitrogens with one attached hydrogen (secondary N) is 2. The molecule has 0 heterocycles. The lowest BCUT2D eigenvalue weighted by Gasteiger charge is -2.31. The first-order valence-electron chi connectivity index (χ1n) is 13.4. The van der Waals surface area contributed by atoms with E-state index in [4.69, 9.17) is 9.47 Å². The number of carbonyl (C=O) groups is 3. The third-order valence-corrected chi connectivity index (χ3v) is 6.81. The molecule has 0 spiro atoms. The van der Waals surface area contributed by atoms with Crippen molar-refractivity contribution in [3.05, 3.63) is 95.6 Å². The van der Waals surface area contributed by atoms with Crippen LogP contribution in [0.2, 0.25) is 0 Å². The summed E-state index contributed by atoms with van der Waals surface area (Å²) < 4.78 is 11.6. The number of aliphatic carboxylic acids is 1. The molecule has 0 radical (unpaired) electrons. The van der Waals surface area contributed by atoms with Gasteiger partial charge in [0.15, 0.2) is 0 Å². The normalized spacial score (nSPS) is 14.8. The minimum Gasteiger partial charge on any atom is -0.480 e. The maximum atomic E-state index is 13.4. The molecule has 1 aliphatic rings. The maximum Gasteiger partial charge on any atom is 0.407 e. The lowest BCUT2D eigenvalue weighted by Crippen LogP contribution is -2.57. The zero-order chi connectivity index (χ0) is 28.9. The molecule has 0 aromatic heterocycles. The Morgan fingerprint density at radius 2 is 1.40 bits per heavy atom. The molecule has 4 rings (SSSR count). The van der Waals surface area contributed by atoms with Gasteiger partial charge < -0.3 is 25.2 Å². The smallest absolute Gasteiger partial charge is 0.407 e. The number of rotatable bonds is 10. The van der Waals surface area contributed by atoms with Gasteiger partial charge in [0, 0.05) is 12.3 Å². The number of hydrogen-bond acceptors (Lipinski definition) is 5. The molecule has 2 amide bonds. The molecule has 3 aromatic carbocycles. The van der Waals surface area contributed by atoms with E-state index in [2.05, 4.69) is 22.8 Å². The SMILES string of the molecule is C[C@@H](OC(C)(C)C)[C@@H](NC(=O)OCC1c2ccccc2-c2ccccc21)C(=O)N[C@@H](Cc1ccccc1)C(=O)O. The second-order valence-electron chi connectivity index (χ2n) is 11.0. The summed E-state index contributed by atoms with van der Waals surface area (Å²) in [5.74, 6) is -1.99. The van der Waals surface area contributed by atoms with Crippen molar-refractivity contribution in [2.75, 3.05) is 6.61 Å². The molecule has 40 heavy (non-hydrogen) atoms. The molecule has 0 saturated carbocycles. The number of carbonyl (C=O) groups excluding carboxylic acids is 2. The van der Waals surface area contributed by atoms with E-state index in [0.29, 0.717) is 0 Å². The van der Waals surface area contributed by atoms with Crippen molar-refractivity contribution in [2.45, 2.75) is 63.8 Å². The molecular weight excluding hydrogens is 508 g/mol. The average Bonchev–Trinajstić information content (AvgIpc) is 3.23. The minimum absolute atomic E-state index is 0.0778. The van der Waals surface area contributed by atoms with Crippen molar-refractivity contribution in [2.24, 2.45) is 0 Å². The predicted molar refractivity (Wildman–Crippen MR) is 152 cm³/mol. The Kier molecular flexibility index (Phi) is 8.90. The quantitative estimate of drug-likeness (QED) is 0.334. The fourth-order valence-electron chi connectivity index (χ4n) is 5.10. The van der Waals surface area contributed by atoms with Crippen LogP contribution in [0.4, 0.5) is 4.79 Å². The minimum atomic E-state index is -1.19. The number of carboxylic acid groups (broad SMARTS) is 1. The summed E-state index contributed by atoms with van der Waals surface area (Å²) in [5, 5.41) is 15.0. The first-order chi connectivity index (χ1) is 19.0. The molecule has 0 fully saturated rings. The Labute approximate surface area is 234 Å². The van der Waals surface area contributed by atoms with Gasteiger partial charge >= 0.3 is 12.1 Å². The zero-order valence-corrected chi connectivity index (χ0v) is 23.2. The molecule has 0 unspecified atom stereocenters. The monoisotopic (exact) mass is 544 g/mol.